The molecule has 0 aromatic carbocycles. The maximum absolute atomic E-state index is 12.3. The molecule has 4 aliphatic carbocycles. The highest BCUT2D eigenvalue weighted by Gasteiger charge is 2.71. The summed E-state index contributed by atoms with van der Waals surface area (Å²) in [4.78, 5) is 12.3. The molecule has 9 atom stereocenters. The molecule has 0 aromatic heterocycles. The number of carbonyl (C=O) groups excluding carboxylic acids is 1. The number of hydrogen-bond donors (Lipinski definition) is 2. The zero-order chi connectivity index (χ0) is 21.3. The van der Waals surface area contributed by atoms with Crippen LogP contribution in [-0.2, 0) is 4.79 Å². The summed E-state index contributed by atoms with van der Waals surface area (Å²) in [5.41, 5.74) is 0.558. The summed E-state index contributed by atoms with van der Waals surface area (Å²) >= 11 is 0. The van der Waals surface area contributed by atoms with Gasteiger partial charge in [0, 0.05) is 25.4 Å². The second-order valence-electron chi connectivity index (χ2n) is 12.0. The van der Waals surface area contributed by atoms with Gasteiger partial charge in [0.25, 0.3) is 0 Å². The van der Waals surface area contributed by atoms with Crippen LogP contribution >= 0.6 is 0 Å². The number of Topliss-reactive ketones (excluding diaryl/α,β-unsaturated/α-hetero) is 1. The largest absolute Gasteiger partial charge is 0.400 e. The highest BCUT2D eigenvalue weighted by molar-refractivity contribution is 5.79. The van der Waals surface area contributed by atoms with Crippen molar-refractivity contribution >= 4 is 5.78 Å². The molecule has 0 heterocycles. The molecule has 4 aliphatic rings. The van der Waals surface area contributed by atoms with Gasteiger partial charge in [-0.3, -0.25) is 4.79 Å². The zero-order valence-corrected chi connectivity index (χ0v) is 19.5. The summed E-state index contributed by atoms with van der Waals surface area (Å²) in [7, 11) is 1.00. The molecule has 4 fully saturated rings. The molecule has 6 unspecified atom stereocenters. The van der Waals surface area contributed by atoms with Crippen molar-refractivity contribution in [3.63, 3.8) is 0 Å². The molecule has 0 aromatic rings. The smallest absolute Gasteiger partial charge is 0.133 e. The van der Waals surface area contributed by atoms with Crippen molar-refractivity contribution in [2.75, 3.05) is 7.11 Å². The Morgan fingerprint density at radius 1 is 0.893 bits per heavy atom. The third-order valence-electron chi connectivity index (χ3n) is 11.4. The number of aliphatic hydroxyl groups is 2. The van der Waals surface area contributed by atoms with Gasteiger partial charge in [-0.25, -0.2) is 0 Å². The maximum atomic E-state index is 12.3. The van der Waals surface area contributed by atoms with Crippen molar-refractivity contribution in [1.29, 1.82) is 0 Å². The molecule has 28 heavy (non-hydrogen) atoms. The Balaban J connectivity index is 0.00000109. The van der Waals surface area contributed by atoms with Crippen molar-refractivity contribution in [3.8, 4) is 0 Å². The van der Waals surface area contributed by atoms with Crippen molar-refractivity contribution in [2.24, 2.45) is 51.2 Å². The molecule has 0 radical (unpaired) electrons. The van der Waals surface area contributed by atoms with E-state index in [9.17, 15) is 9.90 Å². The van der Waals surface area contributed by atoms with Crippen LogP contribution in [0.15, 0.2) is 0 Å². The number of hydrogen-bond acceptors (Lipinski definition) is 3. The van der Waals surface area contributed by atoms with Gasteiger partial charge in [0.1, 0.15) is 5.78 Å². The molecule has 0 amide bonds. The quantitative estimate of drug-likeness (QED) is 0.604. The number of fused-ring (bicyclic) bond motifs is 5. The van der Waals surface area contributed by atoms with Crippen LogP contribution in [0.4, 0.5) is 0 Å². The van der Waals surface area contributed by atoms with Gasteiger partial charge in [0.05, 0.1) is 6.10 Å². The fourth-order valence-electron chi connectivity index (χ4n) is 8.71. The lowest BCUT2D eigenvalue weighted by atomic mass is 9.35. The minimum Gasteiger partial charge on any atom is -0.400 e. The summed E-state index contributed by atoms with van der Waals surface area (Å²) in [5.74, 6) is 3.50. The van der Waals surface area contributed by atoms with Gasteiger partial charge in [0.15, 0.2) is 0 Å². The average molecular weight is 393 g/mol. The Morgan fingerprint density at radius 3 is 2.11 bits per heavy atom. The minimum atomic E-state index is -0.244. The number of carbonyl (C=O) groups is 1. The second-order valence-corrected chi connectivity index (χ2v) is 12.0. The third kappa shape index (κ3) is 2.51. The Morgan fingerprint density at radius 2 is 1.50 bits per heavy atom. The summed E-state index contributed by atoms with van der Waals surface area (Å²) in [6.07, 6.45) is 5.65. The molecule has 0 spiro atoms. The first kappa shape index (κ1) is 22.3. The lowest BCUT2D eigenvalue weighted by Gasteiger charge is -2.69. The summed E-state index contributed by atoms with van der Waals surface area (Å²) < 4.78 is 0. The predicted molar refractivity (Wildman–Crippen MR) is 114 cm³/mol. The normalized spacial score (nSPS) is 54.7. The average Bonchev–Trinajstić information content (AvgIpc) is 2.81. The van der Waals surface area contributed by atoms with Crippen molar-refractivity contribution in [1.82, 2.24) is 0 Å². The molecule has 0 bridgehead atoms. The second kappa shape index (κ2) is 6.80. The van der Waals surface area contributed by atoms with E-state index in [-0.39, 0.29) is 27.8 Å². The van der Waals surface area contributed by atoms with E-state index in [1.54, 1.807) is 0 Å². The Labute approximate surface area is 172 Å². The van der Waals surface area contributed by atoms with E-state index in [0.29, 0.717) is 35.4 Å². The van der Waals surface area contributed by atoms with Gasteiger partial charge >= 0.3 is 0 Å². The molecule has 4 saturated carbocycles. The maximum Gasteiger partial charge on any atom is 0.133 e. The van der Waals surface area contributed by atoms with E-state index in [2.05, 4.69) is 48.5 Å². The van der Waals surface area contributed by atoms with Gasteiger partial charge in [-0.15, -0.1) is 0 Å². The van der Waals surface area contributed by atoms with Crippen LogP contribution in [0.5, 0.6) is 0 Å². The molecule has 0 aliphatic heterocycles. The lowest BCUT2D eigenvalue weighted by molar-refractivity contribution is -0.244. The van der Waals surface area contributed by atoms with Crippen LogP contribution < -0.4 is 0 Å². The van der Waals surface area contributed by atoms with Gasteiger partial charge in [-0.1, -0.05) is 48.5 Å². The number of aliphatic hydroxyl groups excluding tert-OH is 2. The Kier molecular flexibility index (Phi) is 5.41. The van der Waals surface area contributed by atoms with Gasteiger partial charge in [0.2, 0.25) is 0 Å². The summed E-state index contributed by atoms with van der Waals surface area (Å²) in [5, 5.41) is 18.7. The van der Waals surface area contributed by atoms with E-state index < -0.39 is 0 Å². The van der Waals surface area contributed by atoms with E-state index in [4.69, 9.17) is 5.11 Å². The van der Waals surface area contributed by atoms with Crippen molar-refractivity contribution < 1.29 is 15.0 Å². The molecule has 0 saturated heterocycles. The van der Waals surface area contributed by atoms with Crippen molar-refractivity contribution in [3.05, 3.63) is 0 Å². The minimum absolute atomic E-state index is 0.0464. The molecule has 162 valence electrons. The van der Waals surface area contributed by atoms with Crippen LogP contribution in [0.25, 0.3) is 0 Å². The van der Waals surface area contributed by atoms with E-state index >= 15 is 0 Å². The van der Waals surface area contributed by atoms with Crippen molar-refractivity contribution in [2.45, 2.75) is 93.1 Å². The van der Waals surface area contributed by atoms with Gasteiger partial charge < -0.3 is 10.2 Å². The molecule has 3 nitrogen and oxygen atoms in total. The first-order chi connectivity index (χ1) is 12.9. The van der Waals surface area contributed by atoms with Crippen LogP contribution in [-0.4, -0.2) is 29.2 Å². The van der Waals surface area contributed by atoms with Gasteiger partial charge in [-0.05, 0) is 71.5 Å². The predicted octanol–water partition coefficient (Wildman–Crippen LogP) is 5.09. The first-order valence-corrected chi connectivity index (χ1v) is 11.5. The summed E-state index contributed by atoms with van der Waals surface area (Å²) in [6, 6.07) is 0. The molecule has 4 rings (SSSR count). The first-order valence-electron chi connectivity index (χ1n) is 11.5. The topological polar surface area (TPSA) is 57.5 Å². The standard InChI is InChI=1S/C24H40O2.CH4O/c1-14-10-19-18-11-15(2)21(3,4)23(18,6)13-20(26)24(19,7)22(5)9-8-16(25)12-17(14)22;1-2/h14-15,17-20,26H,8-13H2,1-7H3;2H,1H3/t14?,15?,17?,18?,19?,20-,22-,23-,24?;/m0./s1. The third-order valence-corrected chi connectivity index (χ3v) is 11.4. The Hall–Kier alpha value is -0.410. The fourth-order valence-corrected chi connectivity index (χ4v) is 8.71. The molecule has 2 N–H and O–H groups in total. The Bertz CT molecular complexity index is 627. The van der Waals surface area contributed by atoms with Gasteiger partial charge in [-0.2, -0.15) is 0 Å². The molecular weight excluding hydrogens is 348 g/mol. The zero-order valence-electron chi connectivity index (χ0n) is 19.5. The molecular formula is C25H44O3. The van der Waals surface area contributed by atoms with Crippen LogP contribution in [0, 0.1) is 51.2 Å². The fraction of sp³-hybridized carbons (Fsp3) is 0.960. The van der Waals surface area contributed by atoms with Crippen LogP contribution in [0.2, 0.25) is 0 Å². The van der Waals surface area contributed by atoms with E-state index in [1.807, 2.05) is 0 Å². The number of rotatable bonds is 0. The lowest BCUT2D eigenvalue weighted by Crippen LogP contribution is -2.67. The van der Waals surface area contributed by atoms with E-state index in [1.165, 1.54) is 12.8 Å². The highest BCUT2D eigenvalue weighted by atomic mass is 16.3. The monoisotopic (exact) mass is 392 g/mol. The van der Waals surface area contributed by atoms with E-state index in [0.717, 1.165) is 32.8 Å². The van der Waals surface area contributed by atoms with Crippen LogP contribution in [0.3, 0.4) is 0 Å². The van der Waals surface area contributed by atoms with Crippen LogP contribution in [0.1, 0.15) is 87.0 Å². The SMILES string of the molecule is CC1CC2C3CC(C)C(C)(C)[C@@]3(C)C[C@H](O)C2(C)[C@@]2(C)CCC(=O)CC12.CO. The molecule has 3 heteroatoms. The summed E-state index contributed by atoms with van der Waals surface area (Å²) in [6.45, 7) is 17.0. The highest BCUT2D eigenvalue weighted by Crippen LogP contribution is 2.75. The number of ketones is 1.